The van der Waals surface area contributed by atoms with Crippen molar-refractivity contribution in [1.29, 1.82) is 5.26 Å². The molecule has 0 fully saturated rings. The van der Waals surface area contributed by atoms with Gasteiger partial charge >= 0.3 is 0 Å². The maximum absolute atomic E-state index is 13.0. The van der Waals surface area contributed by atoms with Gasteiger partial charge in [-0.3, -0.25) is 4.79 Å². The third-order valence-corrected chi connectivity index (χ3v) is 5.59. The van der Waals surface area contributed by atoms with Crippen LogP contribution in [0.4, 0.5) is 5.69 Å². The molecule has 0 radical (unpaired) electrons. The minimum absolute atomic E-state index is 0.0481. The van der Waals surface area contributed by atoms with Gasteiger partial charge in [0.25, 0.3) is 0 Å². The van der Waals surface area contributed by atoms with E-state index in [2.05, 4.69) is 24.3 Å². The molecule has 3 nitrogen and oxygen atoms in total. The van der Waals surface area contributed by atoms with Crippen LogP contribution >= 0.6 is 11.8 Å². The van der Waals surface area contributed by atoms with Crippen molar-refractivity contribution in [2.24, 2.45) is 0 Å². The average molecular weight is 350 g/mol. The Morgan fingerprint density at radius 3 is 2.72 bits per heavy atom. The molecule has 0 N–H and O–H groups in total. The highest BCUT2D eigenvalue weighted by Gasteiger charge is 2.23. The Bertz CT molecular complexity index is 782. The van der Waals surface area contributed by atoms with Gasteiger partial charge in [0.05, 0.1) is 17.7 Å². The summed E-state index contributed by atoms with van der Waals surface area (Å²) in [6.45, 7) is 2.37. The van der Waals surface area contributed by atoms with E-state index < -0.39 is 0 Å². The first-order valence-electron chi connectivity index (χ1n) is 8.71. The van der Waals surface area contributed by atoms with Gasteiger partial charge in [0.2, 0.25) is 5.91 Å². The fourth-order valence-electron chi connectivity index (χ4n) is 3.23. The molecule has 2 aromatic rings. The summed E-state index contributed by atoms with van der Waals surface area (Å²) in [6.07, 6.45) is 3.87. The first-order chi connectivity index (χ1) is 12.2. The van der Waals surface area contributed by atoms with Crippen LogP contribution in [-0.2, 0) is 17.6 Å². The maximum Gasteiger partial charge on any atom is 0.240 e. The Kier molecular flexibility index (Phi) is 5.78. The lowest BCUT2D eigenvalue weighted by atomic mass is 10.1. The number of rotatable bonds is 6. The topological polar surface area (TPSA) is 44.1 Å². The molecule has 0 spiro atoms. The van der Waals surface area contributed by atoms with Gasteiger partial charge < -0.3 is 4.90 Å². The summed E-state index contributed by atoms with van der Waals surface area (Å²) in [5, 5.41) is 8.72. The monoisotopic (exact) mass is 350 g/mol. The van der Waals surface area contributed by atoms with Crippen molar-refractivity contribution < 1.29 is 4.79 Å². The van der Waals surface area contributed by atoms with Crippen LogP contribution in [0.5, 0.6) is 0 Å². The highest BCUT2D eigenvalue weighted by molar-refractivity contribution is 8.00. The second-order valence-corrected chi connectivity index (χ2v) is 7.69. The van der Waals surface area contributed by atoms with Crippen molar-refractivity contribution in [3.05, 3.63) is 59.7 Å². The van der Waals surface area contributed by atoms with Crippen molar-refractivity contribution in [2.75, 3.05) is 11.4 Å². The summed E-state index contributed by atoms with van der Waals surface area (Å²) in [6, 6.07) is 18.3. The SMILES string of the molecule is CC(Sc1ccc2c(c1)CCC2)C(=O)N(CCC#N)c1ccccc1. The largest absolute Gasteiger partial charge is 0.310 e. The number of thioether (sulfide) groups is 1. The second kappa shape index (κ2) is 8.22. The molecule has 0 heterocycles. The maximum atomic E-state index is 13.0. The van der Waals surface area contributed by atoms with Crippen molar-refractivity contribution in [3.63, 3.8) is 0 Å². The van der Waals surface area contributed by atoms with Crippen LogP contribution in [-0.4, -0.2) is 17.7 Å². The molecule has 0 saturated carbocycles. The van der Waals surface area contributed by atoms with Crippen LogP contribution in [0, 0.1) is 11.3 Å². The van der Waals surface area contributed by atoms with Crippen molar-refractivity contribution in [1.82, 2.24) is 0 Å². The number of carbonyl (C=O) groups excluding carboxylic acids is 1. The molecule has 128 valence electrons. The van der Waals surface area contributed by atoms with Crippen molar-refractivity contribution in [3.8, 4) is 6.07 Å². The standard InChI is InChI=1S/C21H22N2OS/c1-16(25-20-12-11-17-7-5-8-18(17)15-20)21(24)23(14-6-13-22)19-9-3-2-4-10-19/h2-4,9-12,15-16H,5-8,14H2,1H3. The van der Waals surface area contributed by atoms with Gasteiger partial charge in [-0.2, -0.15) is 5.26 Å². The fourth-order valence-corrected chi connectivity index (χ4v) is 4.22. The van der Waals surface area contributed by atoms with Crippen LogP contribution in [0.15, 0.2) is 53.4 Å². The molecule has 3 rings (SSSR count). The zero-order chi connectivity index (χ0) is 17.6. The van der Waals surface area contributed by atoms with E-state index in [1.54, 1.807) is 16.7 Å². The molecule has 1 aliphatic rings. The Morgan fingerprint density at radius 1 is 1.20 bits per heavy atom. The number of carbonyl (C=O) groups is 1. The minimum Gasteiger partial charge on any atom is -0.310 e. The molecule has 0 aliphatic heterocycles. The smallest absolute Gasteiger partial charge is 0.240 e. The van der Waals surface area contributed by atoms with E-state index in [0.717, 1.165) is 17.0 Å². The highest BCUT2D eigenvalue weighted by Crippen LogP contribution is 2.31. The first kappa shape index (κ1) is 17.6. The third kappa shape index (κ3) is 4.24. The van der Waals surface area contributed by atoms with Crippen LogP contribution in [0.25, 0.3) is 0 Å². The molecule has 0 bridgehead atoms. The fraction of sp³-hybridized carbons (Fsp3) is 0.333. The predicted octanol–water partition coefficient (Wildman–Crippen LogP) is 4.60. The van der Waals surface area contributed by atoms with Crippen molar-refractivity contribution >= 4 is 23.4 Å². The predicted molar refractivity (Wildman–Crippen MR) is 103 cm³/mol. The quantitative estimate of drug-likeness (QED) is 0.715. The summed E-state index contributed by atoms with van der Waals surface area (Å²) in [5.41, 5.74) is 3.72. The summed E-state index contributed by atoms with van der Waals surface area (Å²) in [5.74, 6) is 0.0481. The van der Waals surface area contributed by atoms with Crippen LogP contribution in [0.3, 0.4) is 0 Å². The van der Waals surface area contributed by atoms with E-state index in [1.165, 1.54) is 24.0 Å². The lowest BCUT2D eigenvalue weighted by Gasteiger charge is -2.25. The van der Waals surface area contributed by atoms with E-state index in [0.29, 0.717) is 13.0 Å². The summed E-state index contributed by atoms with van der Waals surface area (Å²) < 4.78 is 0. The minimum atomic E-state index is -0.196. The molecule has 1 aliphatic carbocycles. The van der Waals surface area contributed by atoms with E-state index >= 15 is 0 Å². The number of hydrogen-bond donors (Lipinski definition) is 0. The van der Waals surface area contributed by atoms with Gasteiger partial charge in [0.1, 0.15) is 0 Å². The molecule has 2 aromatic carbocycles. The number of nitrogens with zero attached hydrogens (tertiary/aromatic N) is 2. The molecule has 0 saturated heterocycles. The number of nitriles is 1. The lowest BCUT2D eigenvalue weighted by molar-refractivity contribution is -0.117. The summed E-state index contributed by atoms with van der Waals surface area (Å²) in [4.78, 5) is 15.9. The molecule has 1 atom stereocenters. The Morgan fingerprint density at radius 2 is 1.96 bits per heavy atom. The molecule has 0 aromatic heterocycles. The second-order valence-electron chi connectivity index (χ2n) is 6.28. The highest BCUT2D eigenvalue weighted by atomic mass is 32.2. The average Bonchev–Trinajstić information content (AvgIpc) is 3.10. The Balaban J connectivity index is 1.73. The number of fused-ring (bicyclic) bond motifs is 1. The van der Waals surface area contributed by atoms with Gasteiger partial charge in [-0.1, -0.05) is 24.3 Å². The van der Waals surface area contributed by atoms with Crippen LogP contribution < -0.4 is 4.90 Å². The summed E-state index contributed by atoms with van der Waals surface area (Å²) >= 11 is 1.60. The number of aryl methyl sites for hydroxylation is 2. The normalized spacial score (nSPS) is 13.8. The number of anilines is 1. The first-order valence-corrected chi connectivity index (χ1v) is 9.59. The molecular weight excluding hydrogens is 328 g/mol. The number of benzene rings is 2. The summed E-state index contributed by atoms with van der Waals surface area (Å²) in [7, 11) is 0. The van der Waals surface area contributed by atoms with Gasteiger partial charge in [-0.05, 0) is 61.6 Å². The molecule has 25 heavy (non-hydrogen) atoms. The third-order valence-electron chi connectivity index (χ3n) is 4.51. The van der Waals surface area contributed by atoms with Crippen LogP contribution in [0.1, 0.15) is 30.9 Å². The molecular formula is C21H22N2OS. The molecule has 4 heteroatoms. The number of hydrogen-bond acceptors (Lipinski definition) is 3. The van der Waals surface area contributed by atoms with Gasteiger partial charge in [0, 0.05) is 17.1 Å². The molecule has 1 unspecified atom stereocenters. The lowest BCUT2D eigenvalue weighted by Crippen LogP contribution is -2.37. The van der Waals surface area contributed by atoms with E-state index in [4.69, 9.17) is 5.26 Å². The number of para-hydroxylation sites is 1. The van der Waals surface area contributed by atoms with Crippen LogP contribution in [0.2, 0.25) is 0 Å². The Hall–Kier alpha value is -2.25. The number of amides is 1. The zero-order valence-corrected chi connectivity index (χ0v) is 15.3. The van der Waals surface area contributed by atoms with Gasteiger partial charge in [-0.15, -0.1) is 11.8 Å². The Labute approximate surface area is 153 Å². The van der Waals surface area contributed by atoms with Crippen molar-refractivity contribution in [2.45, 2.75) is 42.8 Å². The van der Waals surface area contributed by atoms with Gasteiger partial charge in [-0.25, -0.2) is 0 Å². The van der Waals surface area contributed by atoms with E-state index in [9.17, 15) is 4.79 Å². The van der Waals surface area contributed by atoms with E-state index in [1.807, 2.05) is 37.3 Å². The molecule has 1 amide bonds. The zero-order valence-electron chi connectivity index (χ0n) is 14.4. The van der Waals surface area contributed by atoms with E-state index in [-0.39, 0.29) is 11.2 Å². The van der Waals surface area contributed by atoms with Gasteiger partial charge in [0.15, 0.2) is 0 Å².